The summed E-state index contributed by atoms with van der Waals surface area (Å²) < 4.78 is 38.5. The lowest BCUT2D eigenvalue weighted by Gasteiger charge is -2.37. The van der Waals surface area contributed by atoms with Crippen LogP contribution in [0.3, 0.4) is 0 Å². The molecule has 0 aliphatic carbocycles. The van der Waals surface area contributed by atoms with Crippen LogP contribution in [0.25, 0.3) is 0 Å². The maximum absolute atomic E-state index is 14.2. The molecule has 0 radical (unpaired) electrons. The fraction of sp³-hybridized carbons (Fsp3) is 0.600. The molecule has 2 rings (SSSR count). The van der Waals surface area contributed by atoms with Gasteiger partial charge in [0.25, 0.3) is 0 Å². The van der Waals surface area contributed by atoms with Crippen LogP contribution in [-0.4, -0.2) is 50.5 Å². The van der Waals surface area contributed by atoms with E-state index >= 15 is 0 Å². The molecule has 0 unspecified atom stereocenters. The molecule has 0 saturated carbocycles. The molecule has 4 nitrogen and oxygen atoms in total. The number of hydrogen-bond acceptors (Lipinski definition) is 4. The van der Waals surface area contributed by atoms with Crippen LogP contribution in [-0.2, 0) is 10.3 Å². The van der Waals surface area contributed by atoms with E-state index in [4.69, 9.17) is 9.47 Å². The van der Waals surface area contributed by atoms with Gasteiger partial charge in [0.05, 0.1) is 17.8 Å². The molecule has 0 bridgehead atoms. The van der Waals surface area contributed by atoms with Crippen molar-refractivity contribution in [1.82, 2.24) is 4.90 Å². The third-order valence-electron chi connectivity index (χ3n) is 3.85. The topological polar surface area (TPSA) is 41.9 Å². The average molecular weight is 301 g/mol. The Morgan fingerprint density at radius 3 is 2.29 bits per heavy atom. The lowest BCUT2D eigenvalue weighted by Crippen LogP contribution is -2.41. The molecule has 1 fully saturated rings. The number of nitrogens with zero attached hydrogens (tertiary/aromatic N) is 1. The Labute approximate surface area is 123 Å². The lowest BCUT2D eigenvalue weighted by molar-refractivity contribution is -0.0259. The van der Waals surface area contributed by atoms with Gasteiger partial charge in [0.1, 0.15) is 24.0 Å². The van der Waals surface area contributed by atoms with E-state index in [1.165, 1.54) is 7.11 Å². The highest BCUT2D eigenvalue weighted by atomic mass is 19.1. The van der Waals surface area contributed by atoms with Gasteiger partial charge in [0.15, 0.2) is 0 Å². The van der Waals surface area contributed by atoms with Crippen LogP contribution in [0.1, 0.15) is 18.4 Å². The Kier molecular flexibility index (Phi) is 5.13. The quantitative estimate of drug-likeness (QED) is 0.844. The lowest BCUT2D eigenvalue weighted by atomic mass is 9.84. The summed E-state index contributed by atoms with van der Waals surface area (Å²) in [5, 5.41) is 10.6. The molecule has 118 valence electrons. The molecule has 1 aliphatic rings. The second kappa shape index (κ2) is 6.68. The summed E-state index contributed by atoms with van der Waals surface area (Å²) in [5.41, 5.74) is -1.71. The fourth-order valence-electron chi connectivity index (χ4n) is 2.56. The van der Waals surface area contributed by atoms with Crippen molar-refractivity contribution >= 4 is 0 Å². The normalized spacial score (nSPS) is 18.7. The smallest absolute Gasteiger partial charge is 0.135 e. The molecular weight excluding hydrogens is 280 g/mol. The van der Waals surface area contributed by atoms with Crippen LogP contribution >= 0.6 is 0 Å². The van der Waals surface area contributed by atoms with Gasteiger partial charge in [-0.15, -0.1) is 0 Å². The van der Waals surface area contributed by atoms with Crippen LogP contribution < -0.4 is 4.74 Å². The molecule has 0 amide bonds. The van der Waals surface area contributed by atoms with E-state index in [1.54, 1.807) is 0 Å². The minimum atomic E-state index is -1.45. The average Bonchev–Trinajstić information content (AvgIpc) is 2.42. The minimum Gasteiger partial charge on any atom is -0.491 e. The largest absolute Gasteiger partial charge is 0.491 e. The second-order valence-electron chi connectivity index (χ2n) is 5.44. The molecule has 21 heavy (non-hydrogen) atoms. The molecule has 1 aromatic rings. The SMILES string of the molecule is COCCOc1cc(F)c(C2(O)CCN(C)CC2)c(F)c1. The standard InChI is InChI=1S/C15H21F2NO3/c1-18-5-3-15(19,4-6-18)14-12(16)9-11(10-13(14)17)21-8-7-20-2/h9-10,19H,3-8H2,1-2H3. The number of rotatable bonds is 5. The predicted molar refractivity (Wildman–Crippen MR) is 74.4 cm³/mol. The van der Waals surface area contributed by atoms with Crippen molar-refractivity contribution < 1.29 is 23.4 Å². The predicted octanol–water partition coefficient (Wildman–Crippen LogP) is 1.90. The number of likely N-dealkylation sites (tertiary alicyclic amines) is 1. The minimum absolute atomic E-state index is 0.0994. The first-order valence-corrected chi connectivity index (χ1v) is 6.98. The Morgan fingerprint density at radius 1 is 1.19 bits per heavy atom. The Bertz CT molecular complexity index is 465. The first-order chi connectivity index (χ1) is 9.96. The number of piperidine rings is 1. The van der Waals surface area contributed by atoms with E-state index in [9.17, 15) is 13.9 Å². The van der Waals surface area contributed by atoms with Gasteiger partial charge in [-0.2, -0.15) is 0 Å². The number of methoxy groups -OCH3 is 1. The monoisotopic (exact) mass is 301 g/mol. The summed E-state index contributed by atoms with van der Waals surface area (Å²) >= 11 is 0. The van der Waals surface area contributed by atoms with Gasteiger partial charge in [-0.1, -0.05) is 0 Å². The summed E-state index contributed by atoms with van der Waals surface area (Å²) in [7, 11) is 3.43. The second-order valence-corrected chi connectivity index (χ2v) is 5.44. The van der Waals surface area contributed by atoms with Gasteiger partial charge in [0, 0.05) is 32.3 Å². The van der Waals surface area contributed by atoms with Crippen molar-refractivity contribution in [2.75, 3.05) is 40.5 Å². The van der Waals surface area contributed by atoms with Gasteiger partial charge in [-0.25, -0.2) is 8.78 Å². The highest BCUT2D eigenvalue weighted by molar-refractivity contribution is 5.34. The van der Waals surface area contributed by atoms with Gasteiger partial charge < -0.3 is 19.5 Å². The highest BCUT2D eigenvalue weighted by Crippen LogP contribution is 2.37. The zero-order valence-electron chi connectivity index (χ0n) is 12.4. The van der Waals surface area contributed by atoms with Crippen LogP contribution in [0.5, 0.6) is 5.75 Å². The Morgan fingerprint density at radius 2 is 1.76 bits per heavy atom. The number of benzene rings is 1. The summed E-state index contributed by atoms with van der Waals surface area (Å²) in [4.78, 5) is 2.02. The van der Waals surface area contributed by atoms with E-state index in [2.05, 4.69) is 0 Å². The molecular formula is C15H21F2NO3. The molecule has 1 saturated heterocycles. The zero-order valence-corrected chi connectivity index (χ0v) is 12.4. The van der Waals surface area contributed by atoms with Crippen LogP contribution in [0.4, 0.5) is 8.78 Å². The summed E-state index contributed by atoms with van der Waals surface area (Å²) in [5.74, 6) is -1.44. The van der Waals surface area contributed by atoms with Crippen LogP contribution in [0.2, 0.25) is 0 Å². The van der Waals surface area contributed by atoms with Crippen molar-refractivity contribution in [1.29, 1.82) is 0 Å². The maximum Gasteiger partial charge on any atom is 0.135 e. The van der Waals surface area contributed by atoms with Gasteiger partial charge in [0.2, 0.25) is 0 Å². The third-order valence-corrected chi connectivity index (χ3v) is 3.85. The van der Waals surface area contributed by atoms with Crippen LogP contribution in [0, 0.1) is 11.6 Å². The van der Waals surface area contributed by atoms with E-state index < -0.39 is 17.2 Å². The highest BCUT2D eigenvalue weighted by Gasteiger charge is 2.38. The molecule has 1 heterocycles. The molecule has 6 heteroatoms. The number of aliphatic hydroxyl groups is 1. The number of halogens is 2. The maximum atomic E-state index is 14.2. The summed E-state index contributed by atoms with van der Waals surface area (Å²) in [6.45, 7) is 1.74. The number of ether oxygens (including phenoxy) is 2. The van der Waals surface area contributed by atoms with Crippen molar-refractivity contribution in [3.63, 3.8) is 0 Å². The number of hydrogen-bond donors (Lipinski definition) is 1. The summed E-state index contributed by atoms with van der Waals surface area (Å²) in [6, 6.07) is 2.23. The van der Waals surface area contributed by atoms with E-state index in [-0.39, 0.29) is 17.9 Å². The van der Waals surface area contributed by atoms with Gasteiger partial charge in [-0.3, -0.25) is 0 Å². The van der Waals surface area contributed by atoms with Crippen molar-refractivity contribution in [2.24, 2.45) is 0 Å². The van der Waals surface area contributed by atoms with E-state index in [0.29, 0.717) is 32.5 Å². The molecule has 1 aliphatic heterocycles. The van der Waals surface area contributed by atoms with Crippen molar-refractivity contribution in [2.45, 2.75) is 18.4 Å². The van der Waals surface area contributed by atoms with Gasteiger partial charge in [-0.05, 0) is 19.9 Å². The van der Waals surface area contributed by atoms with E-state index in [0.717, 1.165) is 12.1 Å². The molecule has 0 atom stereocenters. The zero-order chi connectivity index (χ0) is 15.5. The van der Waals surface area contributed by atoms with Crippen LogP contribution in [0.15, 0.2) is 12.1 Å². The van der Waals surface area contributed by atoms with Crippen molar-refractivity contribution in [3.8, 4) is 5.75 Å². The first kappa shape index (κ1) is 16.1. The van der Waals surface area contributed by atoms with Gasteiger partial charge >= 0.3 is 0 Å². The molecule has 0 aromatic heterocycles. The fourth-order valence-corrected chi connectivity index (χ4v) is 2.56. The summed E-state index contributed by atoms with van der Waals surface area (Å²) in [6.07, 6.45) is 0.614. The van der Waals surface area contributed by atoms with E-state index in [1.807, 2.05) is 11.9 Å². The third kappa shape index (κ3) is 3.70. The molecule has 0 spiro atoms. The molecule has 1 aromatic carbocycles. The Balaban J connectivity index is 2.20. The first-order valence-electron chi connectivity index (χ1n) is 6.98. The Hall–Kier alpha value is -1.24. The van der Waals surface area contributed by atoms with Crippen molar-refractivity contribution in [3.05, 3.63) is 29.3 Å². The molecule has 1 N–H and O–H groups in total.